The number of hydrogen-bond donors (Lipinski definition) is 2. The lowest BCUT2D eigenvalue weighted by Gasteiger charge is -2.18. The maximum atomic E-state index is 12.1. The number of alkyl halides is 3. The number of benzene rings is 1. The van der Waals surface area contributed by atoms with E-state index in [1.165, 1.54) is 18.2 Å². The van der Waals surface area contributed by atoms with Gasteiger partial charge in [0, 0.05) is 12.5 Å². The zero-order valence-corrected chi connectivity index (χ0v) is 10.3. The zero-order chi connectivity index (χ0) is 14.5. The molecule has 0 radical (unpaired) electrons. The Morgan fingerprint density at radius 1 is 1.47 bits per heavy atom. The summed E-state index contributed by atoms with van der Waals surface area (Å²) in [6.45, 7) is 2.38. The Hall–Kier alpha value is -1.76. The third-order valence-electron chi connectivity index (χ3n) is 2.35. The van der Waals surface area contributed by atoms with E-state index in [9.17, 15) is 18.0 Å². The van der Waals surface area contributed by atoms with Crippen LogP contribution in [0.3, 0.4) is 0 Å². The standard InChI is InChI=1S/C12H15F3N2O2/c1-2-17-10(7-11(16)18)8-4-3-5-9(6-8)19-12(13,14)15/h3-6,10,17H,2,7H2,1H3,(H2,16,18). The zero-order valence-electron chi connectivity index (χ0n) is 10.3. The Bertz CT molecular complexity index is 435. The molecular weight excluding hydrogens is 261 g/mol. The number of nitrogens with two attached hydrogens (primary N) is 1. The lowest BCUT2D eigenvalue weighted by Crippen LogP contribution is -2.26. The quantitative estimate of drug-likeness (QED) is 0.836. The maximum absolute atomic E-state index is 12.1. The Labute approximate surface area is 108 Å². The Balaban J connectivity index is 2.91. The molecule has 1 rings (SSSR count). The van der Waals surface area contributed by atoms with Gasteiger partial charge < -0.3 is 15.8 Å². The lowest BCUT2D eigenvalue weighted by atomic mass is 10.0. The van der Waals surface area contributed by atoms with E-state index < -0.39 is 18.3 Å². The van der Waals surface area contributed by atoms with Gasteiger partial charge in [0.05, 0.1) is 0 Å². The molecule has 19 heavy (non-hydrogen) atoms. The summed E-state index contributed by atoms with van der Waals surface area (Å²) in [6.07, 6.45) is -4.74. The summed E-state index contributed by atoms with van der Waals surface area (Å²) in [5.74, 6) is -0.856. The predicted molar refractivity (Wildman–Crippen MR) is 63.4 cm³/mol. The second-order valence-electron chi connectivity index (χ2n) is 3.90. The van der Waals surface area contributed by atoms with Crippen molar-refractivity contribution >= 4 is 5.91 Å². The van der Waals surface area contributed by atoms with Crippen LogP contribution in [-0.4, -0.2) is 18.8 Å². The number of carbonyl (C=O) groups is 1. The molecule has 0 fully saturated rings. The minimum absolute atomic E-state index is 0.00328. The van der Waals surface area contributed by atoms with Crippen molar-refractivity contribution in [3.8, 4) is 5.75 Å². The van der Waals surface area contributed by atoms with Crippen LogP contribution in [-0.2, 0) is 4.79 Å². The molecule has 1 unspecified atom stereocenters. The van der Waals surface area contributed by atoms with E-state index in [0.29, 0.717) is 12.1 Å². The van der Waals surface area contributed by atoms with E-state index >= 15 is 0 Å². The van der Waals surface area contributed by atoms with Crippen LogP contribution in [0.25, 0.3) is 0 Å². The molecule has 0 bridgehead atoms. The summed E-state index contributed by atoms with van der Waals surface area (Å²) >= 11 is 0. The predicted octanol–water partition coefficient (Wildman–Crippen LogP) is 2.11. The van der Waals surface area contributed by atoms with Crippen molar-refractivity contribution in [3.63, 3.8) is 0 Å². The summed E-state index contributed by atoms with van der Waals surface area (Å²) in [4.78, 5) is 10.9. The minimum Gasteiger partial charge on any atom is -0.406 e. The van der Waals surface area contributed by atoms with Gasteiger partial charge in [-0.05, 0) is 24.2 Å². The first-order chi connectivity index (χ1) is 8.81. The van der Waals surface area contributed by atoms with Crippen molar-refractivity contribution in [3.05, 3.63) is 29.8 Å². The van der Waals surface area contributed by atoms with Gasteiger partial charge in [-0.15, -0.1) is 13.2 Å². The van der Waals surface area contributed by atoms with E-state index in [4.69, 9.17) is 5.73 Å². The molecular formula is C12H15F3N2O2. The van der Waals surface area contributed by atoms with Crippen LogP contribution >= 0.6 is 0 Å². The largest absolute Gasteiger partial charge is 0.573 e. The molecule has 0 saturated heterocycles. The fourth-order valence-electron chi connectivity index (χ4n) is 1.68. The van der Waals surface area contributed by atoms with Gasteiger partial charge in [-0.3, -0.25) is 4.79 Å². The van der Waals surface area contributed by atoms with Gasteiger partial charge in [0.15, 0.2) is 0 Å². The van der Waals surface area contributed by atoms with Gasteiger partial charge in [0.1, 0.15) is 5.75 Å². The van der Waals surface area contributed by atoms with Crippen molar-refractivity contribution in [2.45, 2.75) is 25.7 Å². The first kappa shape index (κ1) is 15.3. The van der Waals surface area contributed by atoms with Crippen LogP contribution in [0.1, 0.15) is 24.9 Å². The van der Waals surface area contributed by atoms with Crippen LogP contribution < -0.4 is 15.8 Å². The van der Waals surface area contributed by atoms with Gasteiger partial charge in [-0.25, -0.2) is 0 Å². The van der Waals surface area contributed by atoms with Crippen LogP contribution in [0.5, 0.6) is 5.75 Å². The number of carbonyl (C=O) groups excluding carboxylic acids is 1. The topological polar surface area (TPSA) is 64.3 Å². The highest BCUT2D eigenvalue weighted by atomic mass is 19.4. The molecule has 1 aromatic carbocycles. The van der Waals surface area contributed by atoms with Crippen molar-refractivity contribution in [1.82, 2.24) is 5.32 Å². The molecule has 106 valence electrons. The molecule has 0 heterocycles. The Morgan fingerprint density at radius 3 is 2.68 bits per heavy atom. The average Bonchev–Trinajstić information content (AvgIpc) is 2.26. The molecule has 1 atom stereocenters. The molecule has 0 saturated carbocycles. The molecule has 4 nitrogen and oxygen atoms in total. The molecule has 0 aliphatic rings. The van der Waals surface area contributed by atoms with Crippen molar-refractivity contribution in [2.24, 2.45) is 5.73 Å². The fourth-order valence-corrected chi connectivity index (χ4v) is 1.68. The highest BCUT2D eigenvalue weighted by molar-refractivity contribution is 5.74. The summed E-state index contributed by atoms with van der Waals surface area (Å²) in [6, 6.07) is 5.05. The van der Waals surface area contributed by atoms with E-state index in [1.807, 2.05) is 6.92 Å². The van der Waals surface area contributed by atoms with Crippen molar-refractivity contribution < 1.29 is 22.7 Å². The SMILES string of the molecule is CCNC(CC(N)=O)c1cccc(OC(F)(F)F)c1. The molecule has 7 heteroatoms. The van der Waals surface area contributed by atoms with E-state index in [-0.39, 0.29) is 12.2 Å². The van der Waals surface area contributed by atoms with Gasteiger partial charge in [-0.2, -0.15) is 0 Å². The van der Waals surface area contributed by atoms with Crippen LogP contribution in [0.2, 0.25) is 0 Å². The fraction of sp³-hybridized carbons (Fsp3) is 0.417. The number of halogens is 3. The second kappa shape index (κ2) is 6.42. The molecule has 1 aromatic rings. The summed E-state index contributed by atoms with van der Waals surface area (Å²) in [7, 11) is 0. The van der Waals surface area contributed by atoms with E-state index in [1.54, 1.807) is 6.07 Å². The van der Waals surface area contributed by atoms with Gasteiger partial charge in [0.2, 0.25) is 5.91 Å². The van der Waals surface area contributed by atoms with Gasteiger partial charge >= 0.3 is 6.36 Å². The number of rotatable bonds is 6. The molecule has 0 aromatic heterocycles. The van der Waals surface area contributed by atoms with E-state index in [2.05, 4.69) is 10.1 Å². The van der Waals surface area contributed by atoms with Crippen molar-refractivity contribution in [2.75, 3.05) is 6.54 Å². The van der Waals surface area contributed by atoms with Gasteiger partial charge in [-0.1, -0.05) is 19.1 Å². The first-order valence-electron chi connectivity index (χ1n) is 5.69. The number of nitrogens with one attached hydrogen (secondary N) is 1. The summed E-state index contributed by atoms with van der Waals surface area (Å²) in [5.41, 5.74) is 5.63. The molecule has 0 aliphatic carbocycles. The smallest absolute Gasteiger partial charge is 0.406 e. The monoisotopic (exact) mass is 276 g/mol. The number of hydrogen-bond acceptors (Lipinski definition) is 3. The highest BCUT2D eigenvalue weighted by Crippen LogP contribution is 2.26. The summed E-state index contributed by atoms with van der Waals surface area (Å²) in [5, 5.41) is 2.98. The minimum atomic E-state index is -4.74. The van der Waals surface area contributed by atoms with Crippen molar-refractivity contribution in [1.29, 1.82) is 0 Å². The second-order valence-corrected chi connectivity index (χ2v) is 3.90. The molecule has 0 aliphatic heterocycles. The number of ether oxygens (including phenoxy) is 1. The molecule has 1 amide bonds. The Morgan fingerprint density at radius 2 is 2.16 bits per heavy atom. The summed E-state index contributed by atoms with van der Waals surface area (Å²) < 4.78 is 40.2. The highest BCUT2D eigenvalue weighted by Gasteiger charge is 2.31. The third-order valence-corrected chi connectivity index (χ3v) is 2.35. The Kier molecular flexibility index (Phi) is 5.17. The molecule has 0 spiro atoms. The van der Waals surface area contributed by atoms with Crippen LogP contribution in [0.15, 0.2) is 24.3 Å². The normalized spacial score (nSPS) is 13.1. The number of primary amides is 1. The number of amides is 1. The third kappa shape index (κ3) is 5.60. The van der Waals surface area contributed by atoms with Crippen LogP contribution in [0.4, 0.5) is 13.2 Å². The molecule has 3 N–H and O–H groups in total. The van der Waals surface area contributed by atoms with Gasteiger partial charge in [0.25, 0.3) is 0 Å². The van der Waals surface area contributed by atoms with E-state index in [0.717, 1.165) is 0 Å². The lowest BCUT2D eigenvalue weighted by molar-refractivity contribution is -0.274. The average molecular weight is 276 g/mol. The van der Waals surface area contributed by atoms with Crippen LogP contribution in [0, 0.1) is 0 Å². The first-order valence-corrected chi connectivity index (χ1v) is 5.69. The maximum Gasteiger partial charge on any atom is 0.573 e.